The van der Waals surface area contributed by atoms with E-state index in [1.807, 2.05) is 18.3 Å². The second-order valence-corrected chi connectivity index (χ2v) is 10.3. The minimum absolute atomic E-state index is 0.106. The molecule has 1 aromatic carbocycles. The van der Waals surface area contributed by atoms with Crippen LogP contribution in [-0.4, -0.2) is 27.9 Å². The van der Waals surface area contributed by atoms with Gasteiger partial charge in [0.1, 0.15) is 0 Å². The van der Waals surface area contributed by atoms with Crippen LogP contribution in [0.15, 0.2) is 18.3 Å². The van der Waals surface area contributed by atoms with Gasteiger partial charge in [0.15, 0.2) is 0 Å². The number of carbonyl (C=O) groups excluding carboxylic acids is 1. The number of amides is 1. The number of carbonyl (C=O) groups is 1. The molecule has 3 atom stereocenters. The summed E-state index contributed by atoms with van der Waals surface area (Å²) in [6.07, 6.45) is 8.68. The molecule has 1 aromatic heterocycles. The Morgan fingerprint density at radius 2 is 1.96 bits per heavy atom. The van der Waals surface area contributed by atoms with E-state index in [-0.39, 0.29) is 5.92 Å². The number of nitrogens with zero attached hydrogens (tertiary/aromatic N) is 1. The molecule has 3 nitrogen and oxygen atoms in total. The van der Waals surface area contributed by atoms with Crippen molar-refractivity contribution < 1.29 is 4.79 Å². The quantitative estimate of drug-likeness (QED) is 0.654. The maximum Gasteiger partial charge on any atom is 0.223 e. The van der Waals surface area contributed by atoms with Crippen LogP contribution in [-0.2, 0) is 4.79 Å². The first kappa shape index (κ1) is 17.9. The van der Waals surface area contributed by atoms with Gasteiger partial charge in [-0.15, -0.1) is 0 Å². The lowest BCUT2D eigenvalue weighted by molar-refractivity contribution is -0.156. The fraction of sp³-hybridized carbons (Fsp3) is 0.591. The highest BCUT2D eigenvalue weighted by atomic mass is 35.5. The van der Waals surface area contributed by atoms with Gasteiger partial charge in [-0.1, -0.05) is 37.0 Å². The van der Waals surface area contributed by atoms with Crippen LogP contribution in [0.4, 0.5) is 0 Å². The van der Waals surface area contributed by atoms with Crippen LogP contribution in [0, 0.1) is 11.3 Å². The number of benzene rings is 1. The van der Waals surface area contributed by atoms with Crippen molar-refractivity contribution in [1.82, 2.24) is 9.88 Å². The standard InChI is InChI=1S/C22H26Cl2N2O/c1-12(16-11-25-18-4-3-17(23)21(24)20(16)18)5-19(27)26-14-6-13-7-15(26)10-22(2,8-13)9-14/h3-4,11-15,25H,5-10H2,1-2H3. The molecule has 3 unspecified atom stereocenters. The van der Waals surface area contributed by atoms with Crippen molar-refractivity contribution in [3.63, 3.8) is 0 Å². The molecule has 2 saturated carbocycles. The number of aromatic amines is 1. The Morgan fingerprint density at radius 3 is 2.63 bits per heavy atom. The molecule has 4 bridgehead atoms. The second-order valence-electron chi connectivity index (χ2n) is 9.50. The van der Waals surface area contributed by atoms with Gasteiger partial charge in [-0.25, -0.2) is 0 Å². The Morgan fingerprint density at radius 1 is 1.26 bits per heavy atom. The second kappa shape index (κ2) is 6.15. The van der Waals surface area contributed by atoms with Crippen molar-refractivity contribution in [3.05, 3.63) is 33.9 Å². The molecule has 3 heterocycles. The number of nitrogens with one attached hydrogen (secondary N) is 1. The summed E-state index contributed by atoms with van der Waals surface area (Å²) in [5.41, 5.74) is 2.53. The van der Waals surface area contributed by atoms with Crippen LogP contribution in [0.1, 0.15) is 63.9 Å². The fourth-order valence-corrected chi connectivity index (χ4v) is 6.89. The third-order valence-corrected chi connectivity index (χ3v) is 8.11. The highest BCUT2D eigenvalue weighted by molar-refractivity contribution is 6.45. The molecule has 2 aliphatic heterocycles. The molecule has 4 fully saturated rings. The SMILES string of the molecule is CC(CC(=O)N1C2CC3CC1CC(C)(C3)C2)c1c[nH]c2ccc(Cl)c(Cl)c12. The van der Waals surface area contributed by atoms with Crippen molar-refractivity contribution >= 4 is 40.0 Å². The van der Waals surface area contributed by atoms with Crippen molar-refractivity contribution in [2.24, 2.45) is 11.3 Å². The summed E-state index contributed by atoms with van der Waals surface area (Å²) in [6, 6.07) is 4.68. The van der Waals surface area contributed by atoms with Crippen LogP contribution in [0.25, 0.3) is 10.9 Å². The van der Waals surface area contributed by atoms with Crippen LogP contribution < -0.4 is 0 Å². The van der Waals surface area contributed by atoms with Gasteiger partial charge in [0.05, 0.1) is 10.0 Å². The highest BCUT2D eigenvalue weighted by Crippen LogP contribution is 2.56. The van der Waals surface area contributed by atoms with E-state index in [0.717, 1.165) is 22.4 Å². The van der Waals surface area contributed by atoms with Gasteiger partial charge < -0.3 is 9.88 Å². The Bertz CT molecular complexity index is 904. The van der Waals surface area contributed by atoms with E-state index in [4.69, 9.17) is 23.2 Å². The van der Waals surface area contributed by atoms with Gasteiger partial charge >= 0.3 is 0 Å². The molecule has 0 spiro atoms. The van der Waals surface area contributed by atoms with E-state index < -0.39 is 0 Å². The van der Waals surface area contributed by atoms with Crippen LogP contribution in [0.2, 0.25) is 10.0 Å². The van der Waals surface area contributed by atoms with E-state index in [2.05, 4.69) is 23.7 Å². The van der Waals surface area contributed by atoms with E-state index in [1.54, 1.807) is 0 Å². The molecule has 5 heteroatoms. The number of aromatic nitrogens is 1. The Hall–Kier alpha value is -1.19. The lowest BCUT2D eigenvalue weighted by Gasteiger charge is -2.61. The monoisotopic (exact) mass is 404 g/mol. The Kier molecular flexibility index (Phi) is 4.07. The average Bonchev–Trinajstić information content (AvgIpc) is 3.01. The predicted molar refractivity (Wildman–Crippen MR) is 110 cm³/mol. The maximum absolute atomic E-state index is 13.3. The van der Waals surface area contributed by atoms with Crippen molar-refractivity contribution in [3.8, 4) is 0 Å². The zero-order valence-corrected chi connectivity index (χ0v) is 17.4. The summed E-state index contributed by atoms with van der Waals surface area (Å²) in [5.74, 6) is 1.26. The first-order valence-corrected chi connectivity index (χ1v) is 10.9. The molecular formula is C22H26Cl2N2O. The molecule has 144 valence electrons. The number of H-pyrrole nitrogens is 1. The summed E-state index contributed by atoms with van der Waals surface area (Å²) >= 11 is 12.7. The lowest BCUT2D eigenvalue weighted by Crippen LogP contribution is -2.62. The molecule has 1 N–H and O–H groups in total. The van der Waals surface area contributed by atoms with E-state index in [1.165, 1.54) is 32.1 Å². The topological polar surface area (TPSA) is 36.1 Å². The van der Waals surface area contributed by atoms with Gasteiger partial charge in [0.25, 0.3) is 0 Å². The highest BCUT2D eigenvalue weighted by Gasteiger charge is 2.53. The molecule has 4 aliphatic rings. The molecule has 2 aromatic rings. The van der Waals surface area contributed by atoms with Crippen LogP contribution in [0.5, 0.6) is 0 Å². The smallest absolute Gasteiger partial charge is 0.223 e. The van der Waals surface area contributed by atoms with Gasteiger partial charge in [-0.3, -0.25) is 4.79 Å². The molecule has 6 rings (SSSR count). The predicted octanol–water partition coefficient (Wildman–Crippen LogP) is 6.15. The van der Waals surface area contributed by atoms with Gasteiger partial charge in [0, 0.05) is 35.6 Å². The summed E-state index contributed by atoms with van der Waals surface area (Å²) in [4.78, 5) is 18.8. The number of halogens is 2. The Balaban J connectivity index is 1.38. The molecular weight excluding hydrogens is 379 g/mol. The van der Waals surface area contributed by atoms with Crippen LogP contribution in [0.3, 0.4) is 0 Å². The summed E-state index contributed by atoms with van der Waals surface area (Å²) in [5, 5.41) is 2.09. The lowest BCUT2D eigenvalue weighted by atomic mass is 9.56. The number of hydrogen-bond acceptors (Lipinski definition) is 1. The number of rotatable bonds is 3. The first-order valence-electron chi connectivity index (χ1n) is 10.1. The van der Waals surface area contributed by atoms with Crippen molar-refractivity contribution in [2.75, 3.05) is 0 Å². The van der Waals surface area contributed by atoms with Crippen LogP contribution >= 0.6 is 23.2 Å². The van der Waals surface area contributed by atoms with Crippen molar-refractivity contribution in [2.45, 2.75) is 70.4 Å². The zero-order chi connectivity index (χ0) is 18.9. The normalized spacial score (nSPS) is 33.0. The van der Waals surface area contributed by atoms with Gasteiger partial charge in [-0.05, 0) is 67.1 Å². The summed E-state index contributed by atoms with van der Waals surface area (Å²) in [7, 11) is 0. The molecule has 1 amide bonds. The van der Waals surface area contributed by atoms with Crippen molar-refractivity contribution in [1.29, 1.82) is 0 Å². The van der Waals surface area contributed by atoms with Gasteiger partial charge in [-0.2, -0.15) is 0 Å². The van der Waals surface area contributed by atoms with Gasteiger partial charge in [0.2, 0.25) is 5.91 Å². The third-order valence-electron chi connectivity index (χ3n) is 7.30. The third kappa shape index (κ3) is 2.81. The van der Waals surface area contributed by atoms with E-state index >= 15 is 0 Å². The molecule has 2 aliphatic carbocycles. The fourth-order valence-electron chi connectivity index (χ4n) is 6.46. The molecule has 0 radical (unpaired) electrons. The minimum atomic E-state index is 0.106. The maximum atomic E-state index is 13.3. The molecule has 27 heavy (non-hydrogen) atoms. The minimum Gasteiger partial charge on any atom is -0.361 e. The number of hydrogen-bond donors (Lipinski definition) is 1. The summed E-state index contributed by atoms with van der Waals surface area (Å²) in [6.45, 7) is 4.55. The Labute approximate surface area is 170 Å². The number of piperidine rings is 2. The zero-order valence-electron chi connectivity index (χ0n) is 15.9. The average molecular weight is 405 g/mol. The summed E-state index contributed by atoms with van der Waals surface area (Å²) < 4.78 is 0. The first-order chi connectivity index (χ1) is 12.8. The number of fused-ring (bicyclic) bond motifs is 1. The molecule has 2 saturated heterocycles. The van der Waals surface area contributed by atoms with E-state index in [0.29, 0.717) is 39.9 Å². The largest absolute Gasteiger partial charge is 0.361 e. The van der Waals surface area contributed by atoms with E-state index in [9.17, 15) is 4.79 Å².